The molecule has 2 fully saturated rings. The van der Waals surface area contributed by atoms with Crippen molar-refractivity contribution in [2.75, 3.05) is 31.9 Å². The van der Waals surface area contributed by atoms with E-state index in [1.54, 1.807) is 0 Å². The van der Waals surface area contributed by atoms with Crippen molar-refractivity contribution >= 4 is 22.9 Å². The monoisotopic (exact) mass is 587 g/mol. The molecule has 226 valence electrons. The Bertz CT molecular complexity index is 1560. The average molecular weight is 588 g/mol. The summed E-state index contributed by atoms with van der Waals surface area (Å²) >= 11 is 0. The van der Waals surface area contributed by atoms with Crippen LogP contribution in [0.25, 0.3) is 22.3 Å². The fourth-order valence-corrected chi connectivity index (χ4v) is 6.02. The number of rotatable bonds is 5. The normalized spacial score (nSPS) is 20.3. The van der Waals surface area contributed by atoms with Crippen molar-refractivity contribution in [3.05, 3.63) is 60.9 Å². The Balaban J connectivity index is 1.15. The van der Waals surface area contributed by atoms with Gasteiger partial charge >= 0.3 is 6.09 Å². The van der Waals surface area contributed by atoms with Crippen molar-refractivity contribution in [3.8, 4) is 22.8 Å². The predicted molar refractivity (Wildman–Crippen MR) is 163 cm³/mol. The maximum Gasteiger partial charge on any atom is 0.410 e. The molecule has 43 heavy (non-hydrogen) atoms. The van der Waals surface area contributed by atoms with Gasteiger partial charge in [0.25, 0.3) is 0 Å². The van der Waals surface area contributed by atoms with E-state index >= 15 is 4.39 Å². The second-order valence-electron chi connectivity index (χ2n) is 12.3. The summed E-state index contributed by atoms with van der Waals surface area (Å²) in [6.45, 7) is 7.45. The number of nitrogens with two attached hydrogens (primary N) is 1. The summed E-state index contributed by atoms with van der Waals surface area (Å²) in [6, 6.07) is 17.2. The lowest BCUT2D eigenvalue weighted by atomic mass is 9.97. The molecule has 2 aliphatic heterocycles. The quantitative estimate of drug-likeness (QED) is 0.309. The van der Waals surface area contributed by atoms with Crippen LogP contribution < -0.4 is 10.5 Å². The van der Waals surface area contributed by atoms with Crippen LogP contribution in [-0.2, 0) is 4.74 Å². The number of piperidine rings is 2. The zero-order valence-corrected chi connectivity index (χ0v) is 24.8. The summed E-state index contributed by atoms with van der Waals surface area (Å²) in [5.74, 6) is 1.87. The number of aromatic nitrogens is 4. The van der Waals surface area contributed by atoms with Gasteiger partial charge in [0.15, 0.2) is 5.65 Å². The molecule has 2 aromatic heterocycles. The topological polar surface area (TPSA) is 112 Å². The lowest BCUT2D eigenvalue weighted by molar-refractivity contribution is -0.0107. The molecule has 0 saturated carbocycles. The molecule has 11 heteroatoms. The van der Waals surface area contributed by atoms with E-state index < -0.39 is 17.9 Å². The highest BCUT2D eigenvalue weighted by molar-refractivity contribution is 5.98. The fourth-order valence-electron chi connectivity index (χ4n) is 6.02. The first kappa shape index (κ1) is 28.9. The first-order chi connectivity index (χ1) is 20.7. The Morgan fingerprint density at radius 1 is 0.953 bits per heavy atom. The molecule has 0 spiro atoms. The van der Waals surface area contributed by atoms with Gasteiger partial charge in [0.05, 0.1) is 18.0 Å². The van der Waals surface area contributed by atoms with Gasteiger partial charge in [-0.25, -0.2) is 23.8 Å². The number of halogens is 1. The number of nitrogens with zero attached hydrogens (tertiary/aromatic N) is 6. The minimum atomic E-state index is -1.13. The molecule has 0 aliphatic carbocycles. The van der Waals surface area contributed by atoms with Crippen LogP contribution in [-0.4, -0.2) is 79.6 Å². The highest BCUT2D eigenvalue weighted by Gasteiger charge is 2.38. The number of para-hydroxylation sites is 1. The van der Waals surface area contributed by atoms with E-state index in [4.69, 9.17) is 20.3 Å². The van der Waals surface area contributed by atoms with Crippen LogP contribution in [0.15, 0.2) is 60.9 Å². The molecule has 0 bridgehead atoms. The Hall–Kier alpha value is -4.25. The Morgan fingerprint density at radius 3 is 2.33 bits per heavy atom. The number of ether oxygens (including phenoxy) is 2. The first-order valence-corrected chi connectivity index (χ1v) is 14.8. The maximum atomic E-state index is 15.3. The zero-order valence-electron chi connectivity index (χ0n) is 24.8. The molecule has 1 amide bonds. The van der Waals surface area contributed by atoms with Gasteiger partial charge in [-0.2, -0.15) is 5.10 Å². The molecular formula is C32H38FN7O3. The second-order valence-corrected chi connectivity index (χ2v) is 12.3. The minimum Gasteiger partial charge on any atom is -0.457 e. The zero-order chi connectivity index (χ0) is 30.1. The number of amides is 1. The van der Waals surface area contributed by atoms with E-state index in [-0.39, 0.29) is 18.6 Å². The van der Waals surface area contributed by atoms with Crippen molar-refractivity contribution < 1.29 is 18.7 Å². The highest BCUT2D eigenvalue weighted by atomic mass is 19.1. The lowest BCUT2D eigenvalue weighted by Gasteiger charge is -2.43. The molecule has 2 atom stereocenters. The Morgan fingerprint density at radius 2 is 1.65 bits per heavy atom. The molecule has 1 unspecified atom stereocenters. The number of alkyl halides is 1. The summed E-state index contributed by atoms with van der Waals surface area (Å²) in [5, 5.41) is 5.73. The molecular weight excluding hydrogens is 549 g/mol. The summed E-state index contributed by atoms with van der Waals surface area (Å²) in [6.07, 6.45) is 2.06. The number of carbonyl (C=O) groups is 1. The molecule has 10 nitrogen and oxygen atoms in total. The van der Waals surface area contributed by atoms with Crippen LogP contribution >= 0.6 is 0 Å². The molecule has 4 aromatic rings. The SMILES string of the molecule is CC(C)(C)OC(=O)N1CCC(N2CCC(n3nc(-c4ccc(Oc5ccccc5)cc4)c4c(N)ncnc43)CC2)[C@H](F)C1. The summed E-state index contributed by atoms with van der Waals surface area (Å²) < 4.78 is 28.7. The van der Waals surface area contributed by atoms with Gasteiger partial charge in [0, 0.05) is 31.2 Å². The van der Waals surface area contributed by atoms with Gasteiger partial charge in [-0.3, -0.25) is 4.90 Å². The molecule has 2 aromatic carbocycles. The standard InChI is InChI=1S/C32H38FN7O3/c1-32(2,3)43-31(41)39-18-15-26(25(33)19-39)38-16-13-22(14-17-38)40-30-27(29(34)35-20-36-30)28(37-40)21-9-11-24(12-10-21)42-23-7-5-4-6-8-23/h4-12,20,22,25-26H,13-19H2,1-3H3,(H2,34,35,36)/t25-,26?/m1/s1. The van der Waals surface area contributed by atoms with Crippen molar-refractivity contribution in [2.45, 2.75) is 63.9 Å². The number of hydrogen-bond donors (Lipinski definition) is 1. The maximum absolute atomic E-state index is 15.3. The highest BCUT2D eigenvalue weighted by Crippen LogP contribution is 2.36. The van der Waals surface area contributed by atoms with Crippen LogP contribution in [0.3, 0.4) is 0 Å². The molecule has 2 saturated heterocycles. The molecule has 4 heterocycles. The third-order valence-electron chi connectivity index (χ3n) is 8.10. The summed E-state index contributed by atoms with van der Waals surface area (Å²) in [4.78, 5) is 25.0. The van der Waals surface area contributed by atoms with Crippen molar-refractivity contribution in [3.63, 3.8) is 0 Å². The van der Waals surface area contributed by atoms with E-state index in [1.807, 2.05) is 80.1 Å². The fraction of sp³-hybridized carbons (Fsp3) is 0.438. The van der Waals surface area contributed by atoms with Gasteiger partial charge in [0.2, 0.25) is 0 Å². The van der Waals surface area contributed by atoms with Gasteiger partial charge in [-0.15, -0.1) is 0 Å². The molecule has 2 aliphatic rings. The van der Waals surface area contributed by atoms with Gasteiger partial charge in [-0.1, -0.05) is 18.2 Å². The number of anilines is 1. The number of carbonyl (C=O) groups excluding carboxylic acids is 1. The van der Waals surface area contributed by atoms with E-state index in [0.717, 1.165) is 54.1 Å². The van der Waals surface area contributed by atoms with Gasteiger partial charge < -0.3 is 20.1 Å². The third-order valence-corrected chi connectivity index (χ3v) is 8.10. The number of nitrogen functional groups attached to an aromatic ring is 1. The summed E-state index contributed by atoms with van der Waals surface area (Å²) in [5.41, 5.74) is 8.06. The van der Waals surface area contributed by atoms with Crippen molar-refractivity contribution in [1.82, 2.24) is 29.5 Å². The smallest absolute Gasteiger partial charge is 0.410 e. The lowest BCUT2D eigenvalue weighted by Crippen LogP contribution is -2.56. The van der Waals surface area contributed by atoms with E-state index in [9.17, 15) is 4.79 Å². The molecule has 0 radical (unpaired) electrons. The van der Waals surface area contributed by atoms with Crippen LogP contribution in [0, 0.1) is 0 Å². The second kappa shape index (κ2) is 11.8. The molecule has 2 N–H and O–H groups in total. The van der Waals surface area contributed by atoms with Gasteiger partial charge in [0.1, 0.15) is 41.1 Å². The van der Waals surface area contributed by atoms with E-state index in [2.05, 4.69) is 14.9 Å². The Labute approximate surface area is 250 Å². The third kappa shape index (κ3) is 6.27. The predicted octanol–water partition coefficient (Wildman–Crippen LogP) is 5.85. The molecule has 6 rings (SSSR count). The first-order valence-electron chi connectivity index (χ1n) is 14.8. The summed E-state index contributed by atoms with van der Waals surface area (Å²) in [7, 11) is 0. The number of likely N-dealkylation sites (tertiary alicyclic amines) is 2. The van der Waals surface area contributed by atoms with Gasteiger partial charge in [-0.05, 0) is 76.4 Å². The van der Waals surface area contributed by atoms with Crippen molar-refractivity contribution in [1.29, 1.82) is 0 Å². The minimum absolute atomic E-state index is 0.0536. The van der Waals surface area contributed by atoms with Crippen molar-refractivity contribution in [2.24, 2.45) is 0 Å². The van der Waals surface area contributed by atoms with Crippen LogP contribution in [0.1, 0.15) is 46.1 Å². The van der Waals surface area contributed by atoms with Crippen LogP contribution in [0.5, 0.6) is 11.5 Å². The van der Waals surface area contributed by atoms with Crippen LogP contribution in [0.2, 0.25) is 0 Å². The number of benzene rings is 2. The number of fused-ring (bicyclic) bond motifs is 1. The van der Waals surface area contributed by atoms with E-state index in [0.29, 0.717) is 24.4 Å². The average Bonchev–Trinajstić information content (AvgIpc) is 3.38. The largest absolute Gasteiger partial charge is 0.457 e. The van der Waals surface area contributed by atoms with E-state index in [1.165, 1.54) is 11.2 Å². The number of hydrogen-bond acceptors (Lipinski definition) is 8. The Kier molecular flexibility index (Phi) is 7.91. The van der Waals surface area contributed by atoms with Crippen LogP contribution in [0.4, 0.5) is 15.0 Å².